The van der Waals surface area contributed by atoms with Crippen LogP contribution in [-0.4, -0.2) is 45.9 Å². The molecule has 0 spiro atoms. The van der Waals surface area contributed by atoms with Gasteiger partial charge in [0.15, 0.2) is 5.96 Å². The average Bonchev–Trinajstić information content (AvgIpc) is 2.48. The Morgan fingerprint density at radius 2 is 2.00 bits per heavy atom. The highest BCUT2D eigenvalue weighted by Gasteiger charge is 2.03. The summed E-state index contributed by atoms with van der Waals surface area (Å²) >= 11 is 0. The minimum absolute atomic E-state index is 0. The van der Waals surface area contributed by atoms with Crippen molar-refractivity contribution in [2.24, 2.45) is 4.99 Å². The van der Waals surface area contributed by atoms with E-state index < -0.39 is 0 Å². The SMILES string of the molecule is CN=C(NCCCOc1ccc(F)cc1)NC(C)COC.I. The average molecular weight is 425 g/mol. The highest BCUT2D eigenvalue weighted by molar-refractivity contribution is 14.0. The first-order chi connectivity index (χ1) is 10.2. The third-order valence-corrected chi connectivity index (χ3v) is 2.72. The summed E-state index contributed by atoms with van der Waals surface area (Å²) in [5, 5.41) is 6.41. The molecule has 0 amide bonds. The highest BCUT2D eigenvalue weighted by atomic mass is 127. The fourth-order valence-corrected chi connectivity index (χ4v) is 1.72. The third kappa shape index (κ3) is 9.04. The Morgan fingerprint density at radius 3 is 2.59 bits per heavy atom. The highest BCUT2D eigenvalue weighted by Crippen LogP contribution is 2.10. The summed E-state index contributed by atoms with van der Waals surface area (Å²) in [6.07, 6.45) is 0.816. The van der Waals surface area contributed by atoms with E-state index in [1.807, 2.05) is 6.92 Å². The lowest BCUT2D eigenvalue weighted by atomic mass is 10.3. The van der Waals surface area contributed by atoms with E-state index in [-0.39, 0.29) is 35.8 Å². The van der Waals surface area contributed by atoms with E-state index in [0.717, 1.165) is 18.9 Å². The van der Waals surface area contributed by atoms with E-state index in [4.69, 9.17) is 9.47 Å². The predicted octanol–water partition coefficient (Wildman–Crippen LogP) is 2.41. The van der Waals surface area contributed by atoms with Crippen molar-refractivity contribution in [1.82, 2.24) is 10.6 Å². The molecule has 1 aromatic rings. The topological polar surface area (TPSA) is 54.9 Å². The van der Waals surface area contributed by atoms with Crippen LogP contribution < -0.4 is 15.4 Å². The second-order valence-electron chi connectivity index (χ2n) is 4.66. The van der Waals surface area contributed by atoms with Gasteiger partial charge in [-0.3, -0.25) is 4.99 Å². The van der Waals surface area contributed by atoms with E-state index in [9.17, 15) is 4.39 Å². The van der Waals surface area contributed by atoms with Gasteiger partial charge >= 0.3 is 0 Å². The van der Waals surface area contributed by atoms with Gasteiger partial charge in [-0.05, 0) is 37.6 Å². The number of nitrogens with one attached hydrogen (secondary N) is 2. The molecule has 5 nitrogen and oxygen atoms in total. The maximum Gasteiger partial charge on any atom is 0.191 e. The molecule has 1 aromatic carbocycles. The van der Waals surface area contributed by atoms with Crippen LogP contribution in [0.1, 0.15) is 13.3 Å². The summed E-state index contributed by atoms with van der Waals surface area (Å²) in [5.41, 5.74) is 0. The molecule has 0 aromatic heterocycles. The summed E-state index contributed by atoms with van der Waals surface area (Å²) in [4.78, 5) is 4.13. The molecular formula is C15H25FIN3O2. The monoisotopic (exact) mass is 425 g/mol. The minimum atomic E-state index is -0.260. The quantitative estimate of drug-likeness (QED) is 0.291. The van der Waals surface area contributed by atoms with E-state index in [1.165, 1.54) is 12.1 Å². The number of halogens is 2. The Bertz CT molecular complexity index is 429. The number of nitrogens with zero attached hydrogens (tertiary/aromatic N) is 1. The predicted molar refractivity (Wildman–Crippen MR) is 97.8 cm³/mol. The van der Waals surface area contributed by atoms with Gasteiger partial charge in [0.05, 0.1) is 13.2 Å². The third-order valence-electron chi connectivity index (χ3n) is 2.72. The van der Waals surface area contributed by atoms with Crippen molar-refractivity contribution < 1.29 is 13.9 Å². The fourth-order valence-electron chi connectivity index (χ4n) is 1.72. The molecule has 1 rings (SSSR count). The number of hydrogen-bond donors (Lipinski definition) is 2. The molecule has 0 saturated carbocycles. The first-order valence-electron chi connectivity index (χ1n) is 7.00. The van der Waals surface area contributed by atoms with Crippen LogP contribution in [0, 0.1) is 5.82 Å². The van der Waals surface area contributed by atoms with E-state index in [0.29, 0.717) is 19.0 Å². The molecule has 0 radical (unpaired) electrons. The van der Waals surface area contributed by atoms with Crippen LogP contribution >= 0.6 is 24.0 Å². The number of guanidine groups is 1. The molecule has 0 fully saturated rings. The van der Waals surface area contributed by atoms with Crippen molar-refractivity contribution in [2.45, 2.75) is 19.4 Å². The van der Waals surface area contributed by atoms with Gasteiger partial charge < -0.3 is 20.1 Å². The van der Waals surface area contributed by atoms with Crippen molar-refractivity contribution >= 4 is 29.9 Å². The molecule has 22 heavy (non-hydrogen) atoms. The standard InChI is InChI=1S/C15H24FN3O2.HI/c1-12(11-20-3)19-15(17-2)18-9-4-10-21-14-7-5-13(16)6-8-14;/h5-8,12H,4,9-11H2,1-3H3,(H2,17,18,19);1H. The Labute approximate surface area is 148 Å². The second kappa shape index (κ2) is 12.5. The van der Waals surface area contributed by atoms with Crippen LogP contribution in [0.15, 0.2) is 29.3 Å². The molecule has 0 aliphatic heterocycles. The molecule has 0 saturated heterocycles. The summed E-state index contributed by atoms with van der Waals surface area (Å²) in [7, 11) is 3.39. The Kier molecular flexibility index (Phi) is 11.8. The number of aliphatic imine (C=N–C) groups is 1. The van der Waals surface area contributed by atoms with Gasteiger partial charge in [0.1, 0.15) is 11.6 Å². The van der Waals surface area contributed by atoms with E-state index >= 15 is 0 Å². The van der Waals surface area contributed by atoms with Crippen LogP contribution in [0.5, 0.6) is 5.75 Å². The summed E-state index contributed by atoms with van der Waals surface area (Å²) in [5.74, 6) is 1.15. The van der Waals surface area contributed by atoms with Crippen molar-refractivity contribution in [3.63, 3.8) is 0 Å². The van der Waals surface area contributed by atoms with Crippen LogP contribution in [0.25, 0.3) is 0 Å². The largest absolute Gasteiger partial charge is 0.494 e. The summed E-state index contributed by atoms with van der Waals surface area (Å²) in [6.45, 7) is 3.94. The maximum atomic E-state index is 12.7. The van der Waals surface area contributed by atoms with Gasteiger partial charge in [-0.2, -0.15) is 0 Å². The van der Waals surface area contributed by atoms with Crippen LogP contribution in [0.4, 0.5) is 4.39 Å². The van der Waals surface area contributed by atoms with Crippen LogP contribution in [0.2, 0.25) is 0 Å². The normalized spacial score (nSPS) is 12.3. The molecule has 0 heterocycles. The van der Waals surface area contributed by atoms with Gasteiger partial charge in [0.25, 0.3) is 0 Å². The number of benzene rings is 1. The van der Waals surface area contributed by atoms with Gasteiger partial charge in [0.2, 0.25) is 0 Å². The zero-order valence-corrected chi connectivity index (χ0v) is 15.6. The smallest absolute Gasteiger partial charge is 0.191 e. The molecule has 0 aliphatic carbocycles. The lowest BCUT2D eigenvalue weighted by molar-refractivity contribution is 0.179. The lowest BCUT2D eigenvalue weighted by Crippen LogP contribution is -2.44. The summed E-state index contributed by atoms with van der Waals surface area (Å²) < 4.78 is 23.3. The minimum Gasteiger partial charge on any atom is -0.494 e. The first-order valence-corrected chi connectivity index (χ1v) is 7.00. The maximum absolute atomic E-state index is 12.7. The van der Waals surface area contributed by atoms with E-state index in [2.05, 4.69) is 15.6 Å². The molecule has 0 aliphatic rings. The molecule has 1 atom stereocenters. The molecule has 126 valence electrons. The zero-order chi connectivity index (χ0) is 15.5. The first kappa shape index (κ1) is 20.9. The van der Waals surface area contributed by atoms with Crippen molar-refractivity contribution in [2.75, 3.05) is 33.9 Å². The van der Waals surface area contributed by atoms with Crippen LogP contribution in [-0.2, 0) is 4.74 Å². The van der Waals surface area contributed by atoms with Gasteiger partial charge in [-0.1, -0.05) is 0 Å². The van der Waals surface area contributed by atoms with Crippen molar-refractivity contribution in [3.05, 3.63) is 30.1 Å². The number of rotatable bonds is 8. The van der Waals surface area contributed by atoms with Gasteiger partial charge in [0, 0.05) is 26.7 Å². The van der Waals surface area contributed by atoms with Crippen molar-refractivity contribution in [3.8, 4) is 5.75 Å². The molecule has 2 N–H and O–H groups in total. The Balaban J connectivity index is 0.00000441. The van der Waals surface area contributed by atoms with Gasteiger partial charge in [-0.25, -0.2) is 4.39 Å². The van der Waals surface area contributed by atoms with Crippen molar-refractivity contribution in [1.29, 1.82) is 0 Å². The second-order valence-corrected chi connectivity index (χ2v) is 4.66. The Hall–Kier alpha value is -1.09. The fraction of sp³-hybridized carbons (Fsp3) is 0.533. The van der Waals surface area contributed by atoms with Crippen LogP contribution in [0.3, 0.4) is 0 Å². The molecule has 0 bridgehead atoms. The molecular weight excluding hydrogens is 400 g/mol. The molecule has 7 heteroatoms. The van der Waals surface area contributed by atoms with Gasteiger partial charge in [-0.15, -0.1) is 24.0 Å². The number of methoxy groups -OCH3 is 1. The number of ether oxygens (including phenoxy) is 2. The Morgan fingerprint density at radius 1 is 1.32 bits per heavy atom. The zero-order valence-electron chi connectivity index (χ0n) is 13.3. The van der Waals surface area contributed by atoms with E-state index in [1.54, 1.807) is 26.3 Å². The number of hydrogen-bond acceptors (Lipinski definition) is 3. The lowest BCUT2D eigenvalue weighted by Gasteiger charge is -2.17. The molecule has 1 unspecified atom stereocenters. The summed E-state index contributed by atoms with van der Waals surface area (Å²) in [6, 6.07) is 6.20.